The highest BCUT2D eigenvalue weighted by Gasteiger charge is 2.46. The fourth-order valence-electron chi connectivity index (χ4n) is 12.5. The zero-order chi connectivity index (χ0) is 54.3. The first kappa shape index (κ1) is 52.4. The molecule has 3 aliphatic rings. The van der Waals surface area contributed by atoms with Gasteiger partial charge in [-0.05, 0) is 173 Å². The number of carbonyl (C=O) groups is 1. The van der Waals surface area contributed by atoms with Gasteiger partial charge in [-0.3, -0.25) is 4.79 Å². The molecule has 2 aliphatic carbocycles. The number of aromatic hydroxyl groups is 1. The molecule has 9 heteroatoms. The average molecular weight is 1050 g/mol. The molecule has 0 radical (unpaired) electrons. The molecule has 1 amide bonds. The number of rotatable bonds is 15. The fraction of sp³-hybridized carbons (Fsp3) is 0.290. The quantitative estimate of drug-likeness (QED) is 0.0793. The molecule has 78 heavy (non-hydrogen) atoms. The molecule has 0 saturated heterocycles. The third-order valence-electron chi connectivity index (χ3n) is 16.7. The second kappa shape index (κ2) is 21.3. The summed E-state index contributed by atoms with van der Waals surface area (Å²) >= 11 is 0. The van der Waals surface area contributed by atoms with Crippen LogP contribution in [0.2, 0.25) is 0 Å². The van der Waals surface area contributed by atoms with Crippen LogP contribution >= 0.6 is 0 Å². The summed E-state index contributed by atoms with van der Waals surface area (Å²) in [4.78, 5) is 13.6. The molecule has 398 valence electrons. The maximum Gasteiger partial charge on any atom is 0.416 e. The summed E-state index contributed by atoms with van der Waals surface area (Å²) in [6.07, 6.45) is 11.5. The van der Waals surface area contributed by atoms with Crippen molar-refractivity contribution in [1.82, 2.24) is 0 Å². The van der Waals surface area contributed by atoms with Gasteiger partial charge < -0.3 is 19.9 Å². The molecule has 1 atom stereocenters. The molecule has 0 aromatic heterocycles. The Morgan fingerprint density at radius 2 is 1.32 bits per heavy atom. The third kappa shape index (κ3) is 9.97. The van der Waals surface area contributed by atoms with E-state index in [-0.39, 0.29) is 22.8 Å². The maximum absolute atomic E-state index is 14.7. The molecule has 2 N–H and O–H groups in total. The van der Waals surface area contributed by atoms with E-state index in [1.807, 2.05) is 105 Å². The van der Waals surface area contributed by atoms with Gasteiger partial charge in [-0.15, -0.1) is 0 Å². The summed E-state index contributed by atoms with van der Waals surface area (Å²) in [7, 11) is 0. The van der Waals surface area contributed by atoms with Crippen molar-refractivity contribution >= 4 is 28.4 Å². The van der Waals surface area contributed by atoms with Crippen LogP contribution in [0.4, 0.5) is 23.2 Å². The molecular formula is C69H65F4NO4. The van der Waals surface area contributed by atoms with Crippen LogP contribution in [0.5, 0.6) is 17.2 Å². The van der Waals surface area contributed by atoms with Crippen molar-refractivity contribution in [3.05, 3.63) is 208 Å². The summed E-state index contributed by atoms with van der Waals surface area (Å²) < 4.78 is 71.9. The summed E-state index contributed by atoms with van der Waals surface area (Å²) in [5.41, 5.74) is 7.72. The van der Waals surface area contributed by atoms with Crippen LogP contribution in [0.15, 0.2) is 158 Å². The molecule has 1 fully saturated rings. The minimum Gasteiger partial charge on any atom is -0.508 e. The number of ether oxygens (including phenoxy) is 2. The standard InChI is InChI=1S/C69H65F4NO4/c1-5-7-9-10-43-11-13-44(14-12-43)45-15-17-46(18-16-45)47-19-21-49(22-20-47)66(76)74-55-32-23-48(24-33-55)50-40-60-62-57-36-29-53(69(71,72)73)42-59(57)65-58(64(62)67(3,4)63(60)61(75)41-50)37-38-68(78-65,51-25-30-54(70)31-26-51)52-27-34-56(35-28-52)77-39-8-6-2/h15-38,40-44,75H,5-14,39H2,1-4H3,(H,74,76). The number of hydrogen-bond donors (Lipinski definition) is 2. The van der Waals surface area contributed by atoms with Gasteiger partial charge in [-0.2, -0.15) is 13.2 Å². The number of benzene rings is 8. The van der Waals surface area contributed by atoms with Crippen molar-refractivity contribution in [2.45, 2.75) is 115 Å². The van der Waals surface area contributed by atoms with Crippen LogP contribution in [0.1, 0.15) is 147 Å². The lowest BCUT2D eigenvalue weighted by Crippen LogP contribution is -2.35. The van der Waals surface area contributed by atoms with Gasteiger partial charge in [-0.25, -0.2) is 4.39 Å². The molecule has 1 unspecified atom stereocenters. The topological polar surface area (TPSA) is 67.8 Å². The van der Waals surface area contributed by atoms with Gasteiger partial charge in [0.15, 0.2) is 5.60 Å². The number of unbranched alkanes of at least 4 members (excludes halogenated alkanes) is 3. The summed E-state index contributed by atoms with van der Waals surface area (Å²) in [5, 5.41) is 15.9. The van der Waals surface area contributed by atoms with Crippen molar-refractivity contribution in [2.75, 3.05) is 11.9 Å². The second-order valence-corrected chi connectivity index (χ2v) is 22.1. The van der Waals surface area contributed by atoms with E-state index in [9.17, 15) is 27.5 Å². The van der Waals surface area contributed by atoms with Crippen LogP contribution < -0.4 is 14.8 Å². The Balaban J connectivity index is 0.873. The van der Waals surface area contributed by atoms with Crippen LogP contribution in [0.25, 0.3) is 50.2 Å². The van der Waals surface area contributed by atoms with E-state index in [2.05, 4.69) is 43.4 Å². The molecule has 1 heterocycles. The van der Waals surface area contributed by atoms with Gasteiger partial charge in [0.25, 0.3) is 5.91 Å². The van der Waals surface area contributed by atoms with E-state index in [4.69, 9.17) is 9.47 Å². The average Bonchev–Trinajstić information content (AvgIpc) is 3.73. The SMILES string of the molecule is CCCCCC1CCC(c2ccc(-c3ccc(C(=O)Nc4ccc(-c5cc(O)c6c(c5)-c5c(c7c(c8cc(C(F)(F)F)ccc58)OC(c5ccc(F)cc5)(c5ccc(OCCCC)cc5)C=C7)C6(C)C)cc4)cc3)cc2)CC1. The Morgan fingerprint density at radius 3 is 1.97 bits per heavy atom. The molecule has 8 aromatic rings. The van der Waals surface area contributed by atoms with Gasteiger partial charge in [0.1, 0.15) is 23.1 Å². The highest BCUT2D eigenvalue weighted by molar-refractivity contribution is 6.10. The minimum absolute atomic E-state index is 0.0345. The van der Waals surface area contributed by atoms with Gasteiger partial charge in [0, 0.05) is 44.3 Å². The molecule has 11 rings (SSSR count). The van der Waals surface area contributed by atoms with Gasteiger partial charge in [0.2, 0.25) is 0 Å². The number of fused-ring (bicyclic) bond motifs is 8. The van der Waals surface area contributed by atoms with Gasteiger partial charge in [-0.1, -0.05) is 145 Å². The first-order valence-corrected chi connectivity index (χ1v) is 27.7. The second-order valence-electron chi connectivity index (χ2n) is 22.1. The predicted octanol–water partition coefficient (Wildman–Crippen LogP) is 19.0. The van der Waals surface area contributed by atoms with Crippen molar-refractivity contribution in [3.63, 3.8) is 0 Å². The highest BCUT2D eigenvalue weighted by Crippen LogP contribution is 2.61. The van der Waals surface area contributed by atoms with E-state index in [1.165, 1.54) is 75.1 Å². The zero-order valence-corrected chi connectivity index (χ0v) is 44.7. The number of phenolic OH excluding ortho intramolecular Hbond substituents is 1. The van der Waals surface area contributed by atoms with Crippen LogP contribution in [-0.2, 0) is 17.2 Å². The molecule has 0 spiro atoms. The van der Waals surface area contributed by atoms with E-state index in [0.717, 1.165) is 53.1 Å². The maximum atomic E-state index is 14.7. The Bertz CT molecular complexity index is 3520. The minimum atomic E-state index is -4.66. The van der Waals surface area contributed by atoms with Crippen molar-refractivity contribution < 1.29 is 36.9 Å². The first-order chi connectivity index (χ1) is 37.6. The smallest absolute Gasteiger partial charge is 0.416 e. The molecular weight excluding hydrogens is 983 g/mol. The fourth-order valence-corrected chi connectivity index (χ4v) is 12.5. The van der Waals surface area contributed by atoms with E-state index in [0.29, 0.717) is 73.9 Å². The summed E-state index contributed by atoms with van der Waals surface area (Å²) in [5.74, 6) is 1.76. The van der Waals surface area contributed by atoms with Crippen molar-refractivity contribution in [1.29, 1.82) is 0 Å². The van der Waals surface area contributed by atoms with E-state index < -0.39 is 28.6 Å². The lowest BCUT2D eigenvalue weighted by molar-refractivity contribution is -0.137. The number of hydrogen-bond acceptors (Lipinski definition) is 4. The van der Waals surface area contributed by atoms with Gasteiger partial charge in [0.05, 0.1) is 12.2 Å². The molecule has 1 saturated carbocycles. The van der Waals surface area contributed by atoms with Crippen LogP contribution in [-0.4, -0.2) is 17.6 Å². The van der Waals surface area contributed by atoms with Gasteiger partial charge >= 0.3 is 6.18 Å². The van der Waals surface area contributed by atoms with Crippen LogP contribution in [0.3, 0.4) is 0 Å². The monoisotopic (exact) mass is 1050 g/mol. The number of anilines is 1. The summed E-state index contributed by atoms with van der Waals surface area (Å²) in [6.45, 7) is 8.91. The Morgan fingerprint density at radius 1 is 0.692 bits per heavy atom. The number of halogens is 4. The predicted molar refractivity (Wildman–Crippen MR) is 306 cm³/mol. The van der Waals surface area contributed by atoms with E-state index >= 15 is 0 Å². The lowest BCUT2D eigenvalue weighted by Gasteiger charge is -2.38. The van der Waals surface area contributed by atoms with Crippen LogP contribution in [0, 0.1) is 11.7 Å². The Kier molecular flexibility index (Phi) is 14.3. The number of carbonyl (C=O) groups excluding carboxylic acids is 1. The zero-order valence-electron chi connectivity index (χ0n) is 44.7. The highest BCUT2D eigenvalue weighted by atomic mass is 19.4. The third-order valence-corrected chi connectivity index (χ3v) is 16.7. The molecule has 0 bridgehead atoms. The molecule has 5 nitrogen and oxygen atoms in total. The molecule has 1 aliphatic heterocycles. The lowest BCUT2D eigenvalue weighted by atomic mass is 9.76. The number of amides is 1. The molecule has 8 aromatic carbocycles. The number of nitrogens with one attached hydrogen (secondary N) is 1. The number of phenols is 1. The van der Waals surface area contributed by atoms with E-state index in [1.54, 1.807) is 18.2 Å². The Hall–Kier alpha value is -7.65. The van der Waals surface area contributed by atoms with Crippen molar-refractivity contribution in [3.8, 4) is 50.6 Å². The number of alkyl halides is 3. The van der Waals surface area contributed by atoms with Crippen molar-refractivity contribution in [2.24, 2.45) is 5.92 Å². The normalized spacial score (nSPS) is 18.2. The first-order valence-electron chi connectivity index (χ1n) is 27.7. The largest absolute Gasteiger partial charge is 0.508 e. The summed E-state index contributed by atoms with van der Waals surface area (Å²) in [6, 6.07) is 44.8. The Labute approximate surface area is 455 Å².